The van der Waals surface area contributed by atoms with E-state index in [1.54, 1.807) is 0 Å². The third kappa shape index (κ3) is 1.11. The molecule has 0 aromatic heterocycles. The molecule has 0 radical (unpaired) electrons. The molecule has 3 heteroatoms. The molecule has 0 aliphatic carbocycles. The van der Waals surface area contributed by atoms with Gasteiger partial charge in [0, 0.05) is 12.5 Å². The molecule has 9 heavy (non-hydrogen) atoms. The van der Waals surface area contributed by atoms with Gasteiger partial charge in [0.2, 0.25) is 0 Å². The fourth-order valence-corrected chi connectivity index (χ4v) is 1.04. The van der Waals surface area contributed by atoms with Gasteiger partial charge in [0.05, 0.1) is 12.1 Å². The zero-order chi connectivity index (χ0) is 6.85. The fraction of sp³-hybridized carbons (Fsp3) is 0.833. The number of hydrogen-bond donors (Lipinski definition) is 2. The van der Waals surface area contributed by atoms with Crippen molar-refractivity contribution in [1.82, 2.24) is 5.32 Å². The molecule has 3 nitrogen and oxygen atoms in total. The Bertz CT molecular complexity index is 116. The quantitative estimate of drug-likeness (QED) is 0.454. The molecular weight excluding hydrogens is 118 g/mol. The topological polar surface area (TPSA) is 49.3 Å². The van der Waals surface area contributed by atoms with Gasteiger partial charge in [0.15, 0.2) is 0 Å². The number of hydrogen-bond acceptors (Lipinski definition) is 3. The summed E-state index contributed by atoms with van der Waals surface area (Å²) in [6.07, 6.45) is 0.501. The molecule has 0 amide bonds. The molecule has 1 aliphatic heterocycles. The summed E-state index contributed by atoms with van der Waals surface area (Å²) in [5.41, 5.74) is 0. The van der Waals surface area contributed by atoms with Gasteiger partial charge in [-0.3, -0.25) is 0 Å². The number of carbonyl (C=O) groups is 1. The van der Waals surface area contributed by atoms with E-state index >= 15 is 0 Å². The fourth-order valence-electron chi connectivity index (χ4n) is 1.04. The van der Waals surface area contributed by atoms with Crippen molar-refractivity contribution in [2.24, 2.45) is 5.92 Å². The largest absolute Gasteiger partial charge is 0.391 e. The van der Waals surface area contributed by atoms with E-state index < -0.39 is 0 Å². The van der Waals surface area contributed by atoms with Crippen LogP contribution in [-0.2, 0) is 4.79 Å². The maximum Gasteiger partial charge on any atom is 0.137 e. The molecule has 0 bridgehead atoms. The van der Waals surface area contributed by atoms with Gasteiger partial charge in [-0.05, 0) is 0 Å². The Morgan fingerprint density at radius 3 is 2.67 bits per heavy atom. The Kier molecular flexibility index (Phi) is 1.83. The van der Waals surface area contributed by atoms with Crippen molar-refractivity contribution >= 4 is 6.29 Å². The van der Waals surface area contributed by atoms with Crippen LogP contribution in [0.25, 0.3) is 0 Å². The van der Waals surface area contributed by atoms with Crippen LogP contribution in [0.3, 0.4) is 0 Å². The smallest absolute Gasteiger partial charge is 0.137 e. The van der Waals surface area contributed by atoms with Crippen LogP contribution >= 0.6 is 0 Å². The molecule has 1 aliphatic rings. The molecule has 2 N–H and O–H groups in total. The average molecular weight is 129 g/mol. The predicted octanol–water partition coefficient (Wildman–Crippen LogP) is -0.846. The van der Waals surface area contributed by atoms with Crippen LogP contribution in [0.15, 0.2) is 0 Å². The summed E-state index contributed by atoms with van der Waals surface area (Å²) >= 11 is 0. The second kappa shape index (κ2) is 2.45. The van der Waals surface area contributed by atoms with Gasteiger partial charge in [-0.1, -0.05) is 6.92 Å². The molecule has 0 aromatic carbocycles. The Morgan fingerprint density at radius 1 is 1.78 bits per heavy atom. The summed E-state index contributed by atoms with van der Waals surface area (Å²) in [5, 5.41) is 12.0. The van der Waals surface area contributed by atoms with E-state index in [1.165, 1.54) is 0 Å². The summed E-state index contributed by atoms with van der Waals surface area (Å²) in [6.45, 7) is 2.41. The highest BCUT2D eigenvalue weighted by Gasteiger charge is 2.29. The second-order valence-electron chi connectivity index (χ2n) is 2.50. The minimum Gasteiger partial charge on any atom is -0.391 e. The average Bonchev–Trinajstić information content (AvgIpc) is 2.15. The Balaban J connectivity index is 2.50. The third-order valence-corrected chi connectivity index (χ3v) is 1.88. The summed E-state index contributed by atoms with van der Waals surface area (Å²) in [5.74, 6) is 0.0718. The van der Waals surface area contributed by atoms with Crippen molar-refractivity contribution in [1.29, 1.82) is 0 Å². The van der Waals surface area contributed by atoms with Crippen molar-refractivity contribution in [3.05, 3.63) is 0 Å². The number of rotatable bonds is 1. The van der Waals surface area contributed by atoms with E-state index in [-0.39, 0.29) is 18.1 Å². The molecule has 0 saturated carbocycles. The van der Waals surface area contributed by atoms with Crippen LogP contribution in [0.4, 0.5) is 0 Å². The number of β-amino-alcohol motifs (C(OH)–C–C–N with tert-alkyl or cyclic N) is 1. The van der Waals surface area contributed by atoms with Gasteiger partial charge < -0.3 is 15.2 Å². The summed E-state index contributed by atoms with van der Waals surface area (Å²) in [4.78, 5) is 10.2. The normalized spacial score (nSPS) is 43.1. The highest BCUT2D eigenvalue weighted by Crippen LogP contribution is 2.12. The van der Waals surface area contributed by atoms with Crippen molar-refractivity contribution in [3.8, 4) is 0 Å². The lowest BCUT2D eigenvalue weighted by atomic mass is 10.0. The number of aliphatic hydroxyl groups excluding tert-OH is 1. The van der Waals surface area contributed by atoms with Crippen molar-refractivity contribution in [2.75, 3.05) is 6.54 Å². The van der Waals surface area contributed by atoms with Gasteiger partial charge >= 0.3 is 0 Å². The maximum atomic E-state index is 10.2. The SMILES string of the molecule is C[C@H]1[C@H](C=O)NC[C@@H]1O. The summed E-state index contributed by atoms with van der Waals surface area (Å²) in [7, 11) is 0. The molecule has 1 fully saturated rings. The summed E-state index contributed by atoms with van der Waals surface area (Å²) < 4.78 is 0. The first-order chi connectivity index (χ1) is 4.25. The lowest BCUT2D eigenvalue weighted by Crippen LogP contribution is -2.27. The molecule has 0 unspecified atom stereocenters. The first-order valence-corrected chi connectivity index (χ1v) is 3.12. The minimum atomic E-state index is -0.347. The van der Waals surface area contributed by atoms with Gasteiger partial charge in [-0.2, -0.15) is 0 Å². The van der Waals surface area contributed by atoms with Crippen LogP contribution in [0.1, 0.15) is 6.92 Å². The van der Waals surface area contributed by atoms with Crippen LogP contribution in [0.5, 0.6) is 0 Å². The Labute approximate surface area is 54.1 Å². The predicted molar refractivity (Wildman–Crippen MR) is 33.0 cm³/mol. The van der Waals surface area contributed by atoms with Crippen LogP contribution in [0, 0.1) is 5.92 Å². The van der Waals surface area contributed by atoms with Crippen molar-refractivity contribution in [3.63, 3.8) is 0 Å². The molecule has 0 aromatic rings. The van der Waals surface area contributed by atoms with E-state index in [0.29, 0.717) is 6.54 Å². The van der Waals surface area contributed by atoms with Crippen molar-refractivity contribution < 1.29 is 9.90 Å². The van der Waals surface area contributed by atoms with E-state index in [1.807, 2.05) is 6.92 Å². The van der Waals surface area contributed by atoms with Crippen LogP contribution in [0.2, 0.25) is 0 Å². The number of carbonyl (C=O) groups excluding carboxylic acids is 1. The zero-order valence-electron chi connectivity index (χ0n) is 5.37. The molecule has 3 atom stereocenters. The molecule has 1 heterocycles. The lowest BCUT2D eigenvalue weighted by molar-refractivity contribution is -0.110. The first kappa shape index (κ1) is 6.71. The lowest BCUT2D eigenvalue weighted by Gasteiger charge is -2.08. The molecule has 52 valence electrons. The minimum absolute atomic E-state index is 0.0718. The number of nitrogens with one attached hydrogen (secondary N) is 1. The van der Waals surface area contributed by atoms with E-state index in [9.17, 15) is 4.79 Å². The molecule has 1 rings (SSSR count). The van der Waals surface area contributed by atoms with Gasteiger partial charge in [-0.15, -0.1) is 0 Å². The van der Waals surface area contributed by atoms with Crippen molar-refractivity contribution in [2.45, 2.75) is 19.1 Å². The maximum absolute atomic E-state index is 10.2. The zero-order valence-corrected chi connectivity index (χ0v) is 5.37. The summed E-state index contributed by atoms with van der Waals surface area (Å²) in [6, 6.07) is -0.139. The standard InChI is InChI=1S/C6H11NO2/c1-4-5(3-8)7-2-6(4)9/h3-7,9H,2H2,1H3/t4-,5-,6-/m0/s1. The third-order valence-electron chi connectivity index (χ3n) is 1.88. The van der Waals surface area contributed by atoms with E-state index in [2.05, 4.69) is 5.32 Å². The monoisotopic (exact) mass is 129 g/mol. The van der Waals surface area contributed by atoms with Gasteiger partial charge in [0.1, 0.15) is 6.29 Å². The highest BCUT2D eigenvalue weighted by molar-refractivity contribution is 5.58. The van der Waals surface area contributed by atoms with Crippen LogP contribution < -0.4 is 5.32 Å². The Hall–Kier alpha value is -0.410. The number of aliphatic hydroxyl groups is 1. The van der Waals surface area contributed by atoms with Crippen LogP contribution in [-0.4, -0.2) is 30.1 Å². The highest BCUT2D eigenvalue weighted by atomic mass is 16.3. The second-order valence-corrected chi connectivity index (χ2v) is 2.50. The van der Waals surface area contributed by atoms with E-state index in [4.69, 9.17) is 5.11 Å². The molecular formula is C6H11NO2. The molecule has 1 saturated heterocycles. The first-order valence-electron chi connectivity index (χ1n) is 3.12. The number of aldehydes is 1. The Morgan fingerprint density at radius 2 is 2.44 bits per heavy atom. The van der Waals surface area contributed by atoms with Gasteiger partial charge in [0.25, 0.3) is 0 Å². The van der Waals surface area contributed by atoms with E-state index in [0.717, 1.165) is 6.29 Å². The molecule has 0 spiro atoms. The van der Waals surface area contributed by atoms with Gasteiger partial charge in [-0.25, -0.2) is 0 Å².